The first kappa shape index (κ1) is 111. The van der Waals surface area contributed by atoms with Crippen molar-refractivity contribution in [3.63, 3.8) is 0 Å². The van der Waals surface area contributed by atoms with Gasteiger partial charge in [-0.3, -0.25) is 25.3 Å². The molecule has 21 nitrogen and oxygen atoms in total. The van der Waals surface area contributed by atoms with E-state index in [-0.39, 0.29) is 83.4 Å². The molecular weight excluding hydrogens is 544 g/mol. The van der Waals surface area contributed by atoms with Crippen LogP contribution in [0.2, 0.25) is 0 Å². The number of hydrogen-bond acceptors (Lipinski definition) is 12. The zero-order valence-electron chi connectivity index (χ0n) is 11.3. The molecule has 2 radical (unpaired) electrons. The fourth-order valence-corrected chi connectivity index (χ4v) is 0. The molecule has 26 heavy (non-hydrogen) atoms. The molecule has 0 fully saturated rings. The van der Waals surface area contributed by atoms with Crippen molar-refractivity contribution in [3.8, 4) is 0 Å². The molecular formula is H18Fe2O21S3. The first-order chi connectivity index (χ1) is 6.00. The Bertz CT molecular complexity index is 344. The van der Waals surface area contributed by atoms with Crippen LogP contribution in [0, 0.1) is 0 Å². The molecule has 0 saturated carbocycles. The molecule has 0 atom stereocenters. The van der Waals surface area contributed by atoms with E-state index in [1.54, 1.807) is 0 Å². The van der Waals surface area contributed by atoms with Crippen molar-refractivity contribution in [2.24, 2.45) is 0 Å². The van der Waals surface area contributed by atoms with Gasteiger partial charge in [-0.1, -0.05) is 0 Å². The van der Waals surface area contributed by atoms with Crippen LogP contribution in [0.15, 0.2) is 0 Å². The Hall–Kier alpha value is 0.289. The minimum absolute atomic E-state index is 0. The molecule has 26 heteroatoms. The van der Waals surface area contributed by atoms with Crippen LogP contribution in [0.4, 0.5) is 0 Å². The number of hydrogen-bond donors (Lipinski definition) is 0. The Balaban J connectivity index is -0.00000000571. The van der Waals surface area contributed by atoms with Crippen LogP contribution < -0.4 is 0 Å². The summed E-state index contributed by atoms with van der Waals surface area (Å²) >= 11 is 0. The van der Waals surface area contributed by atoms with E-state index in [1.165, 1.54) is 0 Å². The Labute approximate surface area is 167 Å². The molecule has 0 bridgehead atoms. The summed E-state index contributed by atoms with van der Waals surface area (Å²) in [5.74, 6) is 0. The van der Waals surface area contributed by atoms with Crippen LogP contribution in [0.1, 0.15) is 0 Å². The van der Waals surface area contributed by atoms with Gasteiger partial charge >= 0.3 is 34.1 Å². The second kappa shape index (κ2) is 44.6. The molecule has 0 aliphatic rings. The largest absolute Gasteiger partial charge is 3.00 e. The van der Waals surface area contributed by atoms with Gasteiger partial charge in [0.15, 0.2) is 0 Å². The van der Waals surface area contributed by atoms with Crippen LogP contribution in [-0.4, -0.2) is 102 Å². The van der Waals surface area contributed by atoms with Gasteiger partial charge in [-0.05, 0) is 0 Å². The van der Waals surface area contributed by atoms with Gasteiger partial charge in [0.1, 0.15) is 0 Å². The molecule has 0 saturated heterocycles. The van der Waals surface area contributed by atoms with Gasteiger partial charge in [0.05, 0.1) is 0 Å². The summed E-state index contributed by atoms with van der Waals surface area (Å²) in [6.45, 7) is 0. The molecule has 0 heterocycles. The molecule has 0 aliphatic heterocycles. The van der Waals surface area contributed by atoms with Crippen molar-refractivity contribution in [1.82, 2.24) is 0 Å². The minimum atomic E-state index is -5.17. The molecule has 0 aromatic carbocycles. The molecule has 18 N–H and O–H groups in total. The normalized spacial score (nSPS) is 6.69. The van der Waals surface area contributed by atoms with Gasteiger partial charge in [-0.2, -0.15) is 0 Å². The molecule has 0 aromatic heterocycles. The van der Waals surface area contributed by atoms with E-state index in [1.807, 2.05) is 0 Å². The maximum Gasteiger partial charge on any atom is 3.00 e. The molecule has 0 unspecified atom stereocenters. The zero-order valence-corrected chi connectivity index (χ0v) is 16.0. The fraction of sp³-hybridized carbons (Fsp3) is 0. The van der Waals surface area contributed by atoms with Gasteiger partial charge in [0.2, 0.25) is 0 Å². The van der Waals surface area contributed by atoms with Gasteiger partial charge in [0, 0.05) is 31.2 Å². The van der Waals surface area contributed by atoms with Crippen LogP contribution in [0.5, 0.6) is 0 Å². The third-order valence-electron chi connectivity index (χ3n) is 0. The Morgan fingerprint density at radius 1 is 0.308 bits per heavy atom. The van der Waals surface area contributed by atoms with E-state index in [4.69, 9.17) is 52.6 Å². The average molecular weight is 562 g/mol. The van der Waals surface area contributed by atoms with Crippen molar-refractivity contribution in [2.75, 3.05) is 0 Å². The molecule has 0 amide bonds. The molecule has 0 aliphatic carbocycles. The minimum Gasteiger partial charge on any atom is -0.759 e. The van der Waals surface area contributed by atoms with Gasteiger partial charge < -0.3 is 76.6 Å². The van der Waals surface area contributed by atoms with E-state index in [2.05, 4.69) is 0 Å². The predicted molar refractivity (Wildman–Crippen MR) is 63.9 cm³/mol. The van der Waals surface area contributed by atoms with E-state index in [0.29, 0.717) is 0 Å². The van der Waals surface area contributed by atoms with Crippen LogP contribution in [-0.2, 0) is 65.3 Å². The summed E-state index contributed by atoms with van der Waals surface area (Å²) in [4.78, 5) is 0. The van der Waals surface area contributed by atoms with Crippen molar-refractivity contribution in [3.05, 3.63) is 0 Å². The third-order valence-corrected chi connectivity index (χ3v) is 0. The standard InChI is InChI=1S/2Fe.3H2O4S.9H2O/c;;3*1-5(2,3)4;;;;;;;;;/h;;3*(H2,1,2,3,4);9*1H2/q2*+3;;;;;;;;;;;;/p-6. The maximum absolute atomic E-state index is 8.52. The van der Waals surface area contributed by atoms with Crippen molar-refractivity contribution in [1.29, 1.82) is 0 Å². The summed E-state index contributed by atoms with van der Waals surface area (Å²) in [5, 5.41) is 0. The topological polar surface area (TPSA) is 524 Å². The summed E-state index contributed by atoms with van der Waals surface area (Å²) in [5.41, 5.74) is 0. The van der Waals surface area contributed by atoms with Crippen LogP contribution in [0.25, 0.3) is 0 Å². The van der Waals surface area contributed by atoms with E-state index >= 15 is 0 Å². The molecule has 0 spiro atoms. The zero-order chi connectivity index (χ0) is 13.5. The van der Waals surface area contributed by atoms with E-state index in [9.17, 15) is 0 Å². The molecule has 0 rings (SSSR count). The molecule has 178 valence electrons. The van der Waals surface area contributed by atoms with E-state index < -0.39 is 31.2 Å². The summed E-state index contributed by atoms with van der Waals surface area (Å²) in [6, 6.07) is 0. The maximum atomic E-state index is 8.52. The smallest absolute Gasteiger partial charge is 0.759 e. The van der Waals surface area contributed by atoms with Crippen molar-refractivity contribution >= 4 is 31.2 Å². The van der Waals surface area contributed by atoms with Gasteiger partial charge in [-0.15, -0.1) is 0 Å². The quantitative estimate of drug-likeness (QED) is 0.151. The first-order valence-corrected chi connectivity index (χ1v) is 6.00. The van der Waals surface area contributed by atoms with Crippen LogP contribution >= 0.6 is 0 Å². The third kappa shape index (κ3) is 158000. The van der Waals surface area contributed by atoms with E-state index in [0.717, 1.165) is 0 Å². The van der Waals surface area contributed by atoms with Gasteiger partial charge in [-0.25, -0.2) is 0 Å². The predicted octanol–water partition coefficient (Wildman–Crippen LogP) is -11.4. The second-order valence-corrected chi connectivity index (χ2v) is 3.67. The first-order valence-electron chi connectivity index (χ1n) is 2.00. The summed E-state index contributed by atoms with van der Waals surface area (Å²) in [7, 11) is -15.5. The average Bonchev–Trinajstić information content (AvgIpc) is 1.41. The van der Waals surface area contributed by atoms with Crippen molar-refractivity contribution in [2.45, 2.75) is 0 Å². The Kier molecular flexibility index (Phi) is 191. The monoisotopic (exact) mass is 562 g/mol. The molecule has 0 aromatic rings. The fourth-order valence-electron chi connectivity index (χ4n) is 0. The van der Waals surface area contributed by atoms with Gasteiger partial charge in [0.25, 0.3) is 0 Å². The summed E-state index contributed by atoms with van der Waals surface area (Å²) in [6.07, 6.45) is 0. The van der Waals surface area contributed by atoms with Crippen LogP contribution in [0.3, 0.4) is 0 Å². The SMILES string of the molecule is O.O.O.O.O.O.O.O.O.O=S(=O)([O-])[O-].O=S(=O)([O-])[O-].O=S(=O)([O-])[O-].[Fe+3].[Fe+3]. The summed E-state index contributed by atoms with van der Waals surface area (Å²) < 4.78 is 102. The Morgan fingerprint density at radius 2 is 0.308 bits per heavy atom. The number of rotatable bonds is 0. The Morgan fingerprint density at radius 3 is 0.308 bits per heavy atom. The second-order valence-electron chi connectivity index (χ2n) is 1.22. The van der Waals surface area contributed by atoms with Crippen molar-refractivity contribution < 1.29 is 136 Å².